The zero-order chi connectivity index (χ0) is 14.8. The van der Waals surface area contributed by atoms with E-state index in [1.54, 1.807) is 30.5 Å². The van der Waals surface area contributed by atoms with E-state index in [0.717, 1.165) is 10.9 Å². The maximum absolute atomic E-state index is 11.0. The van der Waals surface area contributed by atoms with E-state index in [4.69, 9.17) is 5.73 Å². The molecule has 0 radical (unpaired) electrons. The number of nitrogens with two attached hydrogens (primary N) is 1. The minimum atomic E-state index is -0.472. The molecule has 1 aromatic heterocycles. The van der Waals surface area contributed by atoms with Crippen molar-refractivity contribution >= 4 is 28.7 Å². The number of aromatic amines is 1. The van der Waals surface area contributed by atoms with Gasteiger partial charge < -0.3 is 15.8 Å². The number of aromatic hydroxyl groups is 1. The minimum absolute atomic E-state index is 0.0775. The molecule has 0 bridgehead atoms. The predicted octanol–water partition coefficient (Wildman–Crippen LogP) is 2.72. The summed E-state index contributed by atoms with van der Waals surface area (Å²) in [5.74, 6) is -0.395. The fourth-order valence-corrected chi connectivity index (χ4v) is 2.13. The van der Waals surface area contributed by atoms with Crippen molar-refractivity contribution in [3.63, 3.8) is 0 Å². The molecule has 5 nitrogen and oxygen atoms in total. The van der Waals surface area contributed by atoms with Crippen molar-refractivity contribution in [1.82, 2.24) is 4.98 Å². The molecule has 4 N–H and O–H groups in total. The Bertz CT molecular complexity index is 832. The number of carbonyl (C=O) groups is 1. The molecule has 0 saturated heterocycles. The molecule has 0 saturated carbocycles. The maximum Gasteiger partial charge on any atom is 0.248 e. The molecule has 3 aromatic rings. The molecule has 104 valence electrons. The summed E-state index contributed by atoms with van der Waals surface area (Å²) in [5.41, 5.74) is 7.76. The second kappa shape index (κ2) is 5.13. The summed E-state index contributed by atoms with van der Waals surface area (Å²) >= 11 is 0. The Morgan fingerprint density at radius 1 is 1.14 bits per heavy atom. The van der Waals surface area contributed by atoms with Gasteiger partial charge in [-0.25, -0.2) is 0 Å². The number of aliphatic imine (C=N–C) groups is 1. The van der Waals surface area contributed by atoms with Gasteiger partial charge in [-0.05, 0) is 30.3 Å². The molecule has 1 heterocycles. The third kappa shape index (κ3) is 2.49. The van der Waals surface area contributed by atoms with E-state index in [2.05, 4.69) is 9.98 Å². The Morgan fingerprint density at radius 2 is 1.86 bits per heavy atom. The number of fused-ring (bicyclic) bond motifs is 1. The van der Waals surface area contributed by atoms with Crippen LogP contribution in [0.1, 0.15) is 15.9 Å². The molecular formula is C16H13N3O2. The molecule has 3 rings (SSSR count). The minimum Gasteiger partial charge on any atom is -0.494 e. The molecule has 0 aliphatic rings. The summed E-state index contributed by atoms with van der Waals surface area (Å²) in [6.45, 7) is 0. The number of amides is 1. The number of nitrogens with one attached hydrogen (secondary N) is 1. The van der Waals surface area contributed by atoms with Gasteiger partial charge in [-0.3, -0.25) is 9.79 Å². The highest BCUT2D eigenvalue weighted by atomic mass is 16.3. The van der Waals surface area contributed by atoms with E-state index < -0.39 is 5.91 Å². The van der Waals surface area contributed by atoms with E-state index in [-0.39, 0.29) is 5.88 Å². The van der Waals surface area contributed by atoms with Gasteiger partial charge in [-0.15, -0.1) is 0 Å². The lowest BCUT2D eigenvalue weighted by Gasteiger charge is -1.97. The van der Waals surface area contributed by atoms with Gasteiger partial charge in [0.2, 0.25) is 5.91 Å². The summed E-state index contributed by atoms with van der Waals surface area (Å²) < 4.78 is 0. The van der Waals surface area contributed by atoms with Crippen molar-refractivity contribution in [3.05, 3.63) is 59.7 Å². The monoisotopic (exact) mass is 279 g/mol. The summed E-state index contributed by atoms with van der Waals surface area (Å²) in [7, 11) is 0. The fourth-order valence-electron chi connectivity index (χ4n) is 2.13. The van der Waals surface area contributed by atoms with Gasteiger partial charge >= 0.3 is 0 Å². The number of carbonyl (C=O) groups excluding carboxylic acids is 1. The first-order valence-corrected chi connectivity index (χ1v) is 6.39. The lowest BCUT2D eigenvalue weighted by molar-refractivity contribution is 0.100. The second-order valence-corrected chi connectivity index (χ2v) is 4.60. The van der Waals surface area contributed by atoms with E-state index in [9.17, 15) is 9.90 Å². The summed E-state index contributed by atoms with van der Waals surface area (Å²) in [4.78, 5) is 18.2. The highest BCUT2D eigenvalue weighted by molar-refractivity contribution is 6.02. The maximum atomic E-state index is 11.0. The SMILES string of the molecule is NC(=O)c1ccc(N=Cc2c(O)[nH]c3ccccc23)cc1. The Balaban J connectivity index is 1.94. The smallest absolute Gasteiger partial charge is 0.248 e. The molecule has 5 heteroatoms. The van der Waals surface area contributed by atoms with Crippen molar-refractivity contribution < 1.29 is 9.90 Å². The Kier molecular flexibility index (Phi) is 3.16. The number of aromatic nitrogens is 1. The number of hydrogen-bond acceptors (Lipinski definition) is 3. The van der Waals surface area contributed by atoms with Crippen molar-refractivity contribution in [3.8, 4) is 5.88 Å². The van der Waals surface area contributed by atoms with Crippen LogP contribution < -0.4 is 5.73 Å². The van der Waals surface area contributed by atoms with Gasteiger partial charge in [-0.1, -0.05) is 18.2 Å². The van der Waals surface area contributed by atoms with E-state index in [0.29, 0.717) is 16.8 Å². The number of primary amides is 1. The van der Waals surface area contributed by atoms with Crippen LogP contribution in [0.25, 0.3) is 10.9 Å². The fraction of sp³-hybridized carbons (Fsp3) is 0. The van der Waals surface area contributed by atoms with Crippen LogP contribution in [0.3, 0.4) is 0 Å². The van der Waals surface area contributed by atoms with Crippen LogP contribution in [0.4, 0.5) is 5.69 Å². The van der Waals surface area contributed by atoms with Gasteiger partial charge in [0.05, 0.1) is 11.3 Å². The first-order chi connectivity index (χ1) is 10.1. The van der Waals surface area contributed by atoms with Crippen LogP contribution in [-0.4, -0.2) is 22.2 Å². The standard InChI is InChI=1S/C16H13N3O2/c17-15(20)10-5-7-11(8-6-10)18-9-13-12-3-1-2-4-14(12)19-16(13)21/h1-9,19,21H,(H2,17,20). The molecule has 2 aromatic carbocycles. The van der Waals surface area contributed by atoms with E-state index in [1.165, 1.54) is 0 Å². The van der Waals surface area contributed by atoms with Gasteiger partial charge in [0, 0.05) is 22.7 Å². The predicted molar refractivity (Wildman–Crippen MR) is 82.2 cm³/mol. The average molecular weight is 279 g/mol. The van der Waals surface area contributed by atoms with Gasteiger partial charge in [-0.2, -0.15) is 0 Å². The molecule has 0 aliphatic heterocycles. The number of benzene rings is 2. The van der Waals surface area contributed by atoms with Crippen molar-refractivity contribution in [1.29, 1.82) is 0 Å². The van der Waals surface area contributed by atoms with Gasteiger partial charge in [0.1, 0.15) is 0 Å². The summed E-state index contributed by atoms with van der Waals surface area (Å²) in [6.07, 6.45) is 1.59. The first kappa shape index (κ1) is 12.9. The highest BCUT2D eigenvalue weighted by Gasteiger charge is 2.07. The quantitative estimate of drug-likeness (QED) is 0.643. The molecule has 0 unspecified atom stereocenters. The molecule has 0 atom stereocenters. The lowest BCUT2D eigenvalue weighted by Crippen LogP contribution is -2.10. The number of rotatable bonds is 3. The average Bonchev–Trinajstić information content (AvgIpc) is 2.81. The summed E-state index contributed by atoms with van der Waals surface area (Å²) in [5, 5.41) is 10.8. The molecule has 1 amide bonds. The van der Waals surface area contributed by atoms with Crippen LogP contribution in [0.2, 0.25) is 0 Å². The largest absolute Gasteiger partial charge is 0.494 e. The molecule has 21 heavy (non-hydrogen) atoms. The van der Waals surface area contributed by atoms with E-state index in [1.807, 2.05) is 24.3 Å². The zero-order valence-electron chi connectivity index (χ0n) is 11.1. The van der Waals surface area contributed by atoms with Gasteiger partial charge in [0.25, 0.3) is 0 Å². The molecule has 0 aliphatic carbocycles. The van der Waals surface area contributed by atoms with Gasteiger partial charge in [0.15, 0.2) is 5.88 Å². The topological polar surface area (TPSA) is 91.5 Å². The zero-order valence-corrected chi connectivity index (χ0v) is 11.1. The van der Waals surface area contributed by atoms with Crippen molar-refractivity contribution in [2.24, 2.45) is 10.7 Å². The number of para-hydroxylation sites is 1. The number of nitrogens with zero attached hydrogens (tertiary/aromatic N) is 1. The van der Waals surface area contributed by atoms with Crippen LogP contribution >= 0.6 is 0 Å². The Labute approximate surface area is 120 Å². The number of hydrogen-bond donors (Lipinski definition) is 3. The van der Waals surface area contributed by atoms with Crippen LogP contribution in [-0.2, 0) is 0 Å². The first-order valence-electron chi connectivity index (χ1n) is 6.39. The van der Waals surface area contributed by atoms with Crippen molar-refractivity contribution in [2.45, 2.75) is 0 Å². The third-order valence-corrected chi connectivity index (χ3v) is 3.22. The normalized spacial score (nSPS) is 11.2. The van der Waals surface area contributed by atoms with Crippen LogP contribution in [0.5, 0.6) is 5.88 Å². The Hall–Kier alpha value is -3.08. The lowest BCUT2D eigenvalue weighted by atomic mass is 10.2. The van der Waals surface area contributed by atoms with Crippen molar-refractivity contribution in [2.75, 3.05) is 0 Å². The van der Waals surface area contributed by atoms with Crippen LogP contribution in [0, 0.1) is 0 Å². The molecule has 0 fully saturated rings. The third-order valence-electron chi connectivity index (χ3n) is 3.22. The summed E-state index contributed by atoms with van der Waals surface area (Å²) in [6, 6.07) is 14.2. The highest BCUT2D eigenvalue weighted by Crippen LogP contribution is 2.26. The van der Waals surface area contributed by atoms with E-state index >= 15 is 0 Å². The van der Waals surface area contributed by atoms with Crippen LogP contribution in [0.15, 0.2) is 53.5 Å². The molecule has 0 spiro atoms. The molecular weight excluding hydrogens is 266 g/mol. The second-order valence-electron chi connectivity index (χ2n) is 4.60. The number of H-pyrrole nitrogens is 1. The Morgan fingerprint density at radius 3 is 2.57 bits per heavy atom.